The molecular weight excluding hydrogens is 404 g/mol. The number of rotatable bonds is 7. The lowest BCUT2D eigenvalue weighted by Gasteiger charge is -2.10. The third kappa shape index (κ3) is 4.67. The summed E-state index contributed by atoms with van der Waals surface area (Å²) in [7, 11) is 3.14. The Morgan fingerprint density at radius 1 is 0.938 bits per heavy atom. The molecule has 2 N–H and O–H groups in total. The number of nitrogens with one attached hydrogen (secondary N) is 2. The van der Waals surface area contributed by atoms with Crippen LogP contribution in [0.3, 0.4) is 0 Å². The molecule has 0 aliphatic carbocycles. The summed E-state index contributed by atoms with van der Waals surface area (Å²) in [6.07, 6.45) is 3.31. The quantitative estimate of drug-likeness (QED) is 0.329. The standard InChI is InChI=1S/C25H22N4O3/c1-31-23-12-7-17(15-24(23)32-2)16-27-29-25(30)18-8-10-19(11-9-18)28-22-13-14-26-21-6-4-3-5-20(21)22/h3-16H,1-2H3,(H,26,28)(H,29,30)/b27-16+. The Hall–Kier alpha value is -4.39. The number of carbonyl (C=O) groups is 1. The van der Waals surface area contributed by atoms with Gasteiger partial charge in [0.2, 0.25) is 0 Å². The molecule has 4 aromatic rings. The predicted molar refractivity (Wildman–Crippen MR) is 126 cm³/mol. The number of methoxy groups -OCH3 is 2. The van der Waals surface area contributed by atoms with Crippen LogP contribution in [0.2, 0.25) is 0 Å². The largest absolute Gasteiger partial charge is 0.493 e. The van der Waals surface area contributed by atoms with E-state index in [2.05, 4.69) is 20.8 Å². The second-order valence-electron chi connectivity index (χ2n) is 6.89. The van der Waals surface area contributed by atoms with Crippen LogP contribution in [-0.4, -0.2) is 31.3 Å². The number of hydrazone groups is 1. The maximum Gasteiger partial charge on any atom is 0.271 e. The highest BCUT2D eigenvalue weighted by Crippen LogP contribution is 2.27. The van der Waals surface area contributed by atoms with Crippen molar-refractivity contribution in [2.45, 2.75) is 0 Å². The molecule has 0 radical (unpaired) electrons. The third-order valence-corrected chi connectivity index (χ3v) is 4.86. The summed E-state index contributed by atoms with van der Waals surface area (Å²) in [4.78, 5) is 16.8. The highest BCUT2D eigenvalue weighted by atomic mass is 16.5. The van der Waals surface area contributed by atoms with Crippen LogP contribution >= 0.6 is 0 Å². The van der Waals surface area contributed by atoms with Gasteiger partial charge >= 0.3 is 0 Å². The Bertz CT molecular complexity index is 1260. The number of pyridine rings is 1. The van der Waals surface area contributed by atoms with Crippen molar-refractivity contribution in [3.8, 4) is 11.5 Å². The van der Waals surface area contributed by atoms with Crippen LogP contribution in [0.15, 0.2) is 84.1 Å². The summed E-state index contributed by atoms with van der Waals surface area (Å²) in [5.41, 5.74) is 6.54. The Kier molecular flexibility index (Phi) is 6.27. The fourth-order valence-corrected chi connectivity index (χ4v) is 3.23. The molecule has 3 aromatic carbocycles. The summed E-state index contributed by atoms with van der Waals surface area (Å²) < 4.78 is 10.5. The second kappa shape index (κ2) is 9.61. The first-order valence-electron chi connectivity index (χ1n) is 9.94. The fraction of sp³-hybridized carbons (Fsp3) is 0.0800. The number of ether oxygens (including phenoxy) is 2. The molecule has 0 saturated carbocycles. The lowest BCUT2D eigenvalue weighted by molar-refractivity contribution is 0.0955. The second-order valence-corrected chi connectivity index (χ2v) is 6.89. The van der Waals surface area contributed by atoms with E-state index in [4.69, 9.17) is 9.47 Å². The van der Waals surface area contributed by atoms with E-state index in [-0.39, 0.29) is 5.91 Å². The van der Waals surface area contributed by atoms with Gasteiger partial charge in [-0.2, -0.15) is 5.10 Å². The van der Waals surface area contributed by atoms with Gasteiger partial charge < -0.3 is 14.8 Å². The molecule has 0 spiro atoms. The summed E-state index contributed by atoms with van der Waals surface area (Å²) in [5, 5.41) is 8.43. The monoisotopic (exact) mass is 426 g/mol. The van der Waals surface area contributed by atoms with Crippen LogP contribution in [0.25, 0.3) is 10.9 Å². The van der Waals surface area contributed by atoms with E-state index in [9.17, 15) is 4.79 Å². The molecule has 0 unspecified atom stereocenters. The number of fused-ring (bicyclic) bond motifs is 1. The molecule has 0 bridgehead atoms. The molecule has 7 heteroatoms. The number of anilines is 2. The van der Waals surface area contributed by atoms with Crippen LogP contribution < -0.4 is 20.2 Å². The van der Waals surface area contributed by atoms with E-state index < -0.39 is 0 Å². The van der Waals surface area contributed by atoms with Crippen LogP contribution in [-0.2, 0) is 0 Å². The maximum absolute atomic E-state index is 12.4. The molecule has 1 heterocycles. The molecule has 1 amide bonds. The minimum atomic E-state index is -0.303. The summed E-state index contributed by atoms with van der Waals surface area (Å²) in [6.45, 7) is 0. The smallest absolute Gasteiger partial charge is 0.271 e. The van der Waals surface area contributed by atoms with Crippen molar-refractivity contribution in [3.63, 3.8) is 0 Å². The van der Waals surface area contributed by atoms with Crippen LogP contribution in [0, 0.1) is 0 Å². The minimum Gasteiger partial charge on any atom is -0.493 e. The zero-order chi connectivity index (χ0) is 22.3. The van der Waals surface area contributed by atoms with Gasteiger partial charge in [-0.25, -0.2) is 5.43 Å². The third-order valence-electron chi connectivity index (χ3n) is 4.86. The predicted octanol–water partition coefficient (Wildman–Crippen LogP) is 4.76. The number of hydrogen-bond acceptors (Lipinski definition) is 6. The van der Waals surface area contributed by atoms with Crippen molar-refractivity contribution in [3.05, 3.63) is 90.1 Å². The van der Waals surface area contributed by atoms with Crippen molar-refractivity contribution in [2.24, 2.45) is 5.10 Å². The highest BCUT2D eigenvalue weighted by molar-refractivity contribution is 5.96. The molecule has 160 valence electrons. The van der Waals surface area contributed by atoms with Gasteiger partial charge in [0, 0.05) is 28.5 Å². The first-order chi connectivity index (χ1) is 15.7. The average molecular weight is 426 g/mol. The maximum atomic E-state index is 12.4. The fourth-order valence-electron chi connectivity index (χ4n) is 3.23. The van der Waals surface area contributed by atoms with Gasteiger partial charge in [-0.1, -0.05) is 18.2 Å². The van der Waals surface area contributed by atoms with Gasteiger partial charge in [-0.3, -0.25) is 9.78 Å². The molecule has 32 heavy (non-hydrogen) atoms. The van der Waals surface area contributed by atoms with Gasteiger partial charge in [0.05, 0.1) is 26.0 Å². The molecule has 1 aromatic heterocycles. The van der Waals surface area contributed by atoms with Gasteiger partial charge in [0.1, 0.15) is 0 Å². The minimum absolute atomic E-state index is 0.303. The first-order valence-corrected chi connectivity index (χ1v) is 9.94. The van der Waals surface area contributed by atoms with Gasteiger partial charge in [-0.05, 0) is 60.2 Å². The number of para-hydroxylation sites is 1. The van der Waals surface area contributed by atoms with E-state index in [0.717, 1.165) is 27.8 Å². The Morgan fingerprint density at radius 2 is 1.72 bits per heavy atom. The number of nitrogens with zero attached hydrogens (tertiary/aromatic N) is 2. The topological polar surface area (TPSA) is 84.8 Å². The normalized spacial score (nSPS) is 10.8. The molecule has 0 atom stereocenters. The summed E-state index contributed by atoms with van der Waals surface area (Å²) >= 11 is 0. The van der Waals surface area contributed by atoms with Crippen LogP contribution in [0.1, 0.15) is 15.9 Å². The van der Waals surface area contributed by atoms with Crippen LogP contribution in [0.5, 0.6) is 11.5 Å². The Morgan fingerprint density at radius 3 is 2.50 bits per heavy atom. The molecule has 0 saturated heterocycles. The molecule has 0 aliphatic heterocycles. The number of aromatic nitrogens is 1. The van der Waals surface area contributed by atoms with E-state index in [0.29, 0.717) is 17.1 Å². The lowest BCUT2D eigenvalue weighted by Crippen LogP contribution is -2.17. The zero-order valence-corrected chi connectivity index (χ0v) is 17.7. The summed E-state index contributed by atoms with van der Waals surface area (Å²) in [6, 6.07) is 22.4. The highest BCUT2D eigenvalue weighted by Gasteiger charge is 2.06. The van der Waals surface area contributed by atoms with E-state index in [1.807, 2.05) is 48.5 Å². The SMILES string of the molecule is COc1ccc(/C=N/NC(=O)c2ccc(Nc3ccnc4ccccc34)cc2)cc1OC. The Balaban J connectivity index is 1.40. The van der Waals surface area contributed by atoms with Crippen molar-refractivity contribution in [1.82, 2.24) is 10.4 Å². The molecule has 0 aliphatic rings. The van der Waals surface area contributed by atoms with Gasteiger partial charge in [0.15, 0.2) is 11.5 Å². The molecule has 7 nitrogen and oxygen atoms in total. The first kappa shape index (κ1) is 20.9. The number of hydrogen-bond donors (Lipinski definition) is 2. The van der Waals surface area contributed by atoms with Gasteiger partial charge in [0.25, 0.3) is 5.91 Å². The molecular formula is C25H22N4O3. The van der Waals surface area contributed by atoms with Crippen LogP contribution in [0.4, 0.5) is 11.4 Å². The van der Waals surface area contributed by atoms with Gasteiger partial charge in [-0.15, -0.1) is 0 Å². The van der Waals surface area contributed by atoms with E-state index in [1.54, 1.807) is 50.9 Å². The lowest BCUT2D eigenvalue weighted by atomic mass is 10.1. The molecule has 4 rings (SSSR count). The van der Waals surface area contributed by atoms with Crippen molar-refractivity contribution in [1.29, 1.82) is 0 Å². The zero-order valence-electron chi connectivity index (χ0n) is 17.7. The number of carbonyl (C=O) groups excluding carboxylic acids is 1. The molecule has 0 fully saturated rings. The van der Waals surface area contributed by atoms with E-state index >= 15 is 0 Å². The number of amides is 1. The van der Waals surface area contributed by atoms with Crippen molar-refractivity contribution < 1.29 is 14.3 Å². The Labute approximate surface area is 185 Å². The summed E-state index contributed by atoms with van der Waals surface area (Å²) in [5.74, 6) is 0.914. The number of benzene rings is 3. The van der Waals surface area contributed by atoms with E-state index in [1.165, 1.54) is 0 Å². The van der Waals surface area contributed by atoms with Crippen molar-refractivity contribution in [2.75, 3.05) is 19.5 Å². The van der Waals surface area contributed by atoms with Crippen molar-refractivity contribution >= 4 is 34.4 Å². The average Bonchev–Trinajstić information content (AvgIpc) is 2.84.